The molecule has 21 heavy (non-hydrogen) atoms. The number of aromatic amines is 1. The van der Waals surface area contributed by atoms with Crippen LogP contribution in [0.2, 0.25) is 0 Å². The number of hydrogen-bond donors (Lipinski definition) is 2. The second-order valence-electron chi connectivity index (χ2n) is 4.19. The lowest BCUT2D eigenvalue weighted by atomic mass is 10.1. The molecule has 0 bridgehead atoms. The minimum Gasteiger partial charge on any atom is -0.305 e. The van der Waals surface area contributed by atoms with E-state index >= 15 is 0 Å². The molecule has 0 spiro atoms. The largest absolute Gasteiger partial charge is 0.416 e. The van der Waals surface area contributed by atoms with E-state index in [0.29, 0.717) is 12.1 Å². The number of benzene rings is 1. The second-order valence-corrected chi connectivity index (χ2v) is 5.92. The molecule has 7 nitrogen and oxygen atoms in total. The van der Waals surface area contributed by atoms with E-state index in [1.165, 1.54) is 0 Å². The summed E-state index contributed by atoms with van der Waals surface area (Å²) in [6, 6.07) is 2.12. The van der Waals surface area contributed by atoms with Gasteiger partial charge in [0.2, 0.25) is 10.0 Å². The molecule has 0 aliphatic carbocycles. The molecular formula is C10H8F3N3O4S. The molecule has 0 aliphatic heterocycles. The number of hydrogen-bond acceptors (Lipinski definition) is 4. The van der Waals surface area contributed by atoms with E-state index in [0.717, 1.165) is 12.3 Å². The van der Waals surface area contributed by atoms with Gasteiger partial charge < -0.3 is 4.98 Å². The van der Waals surface area contributed by atoms with Crippen LogP contribution in [-0.4, -0.2) is 24.3 Å². The average Bonchev–Trinajstić information content (AvgIpc) is 2.31. The van der Waals surface area contributed by atoms with Gasteiger partial charge in [0.05, 0.1) is 22.7 Å². The van der Waals surface area contributed by atoms with Crippen LogP contribution in [0.25, 0.3) is 10.9 Å². The van der Waals surface area contributed by atoms with Gasteiger partial charge in [-0.3, -0.25) is 4.79 Å². The second kappa shape index (κ2) is 4.62. The van der Waals surface area contributed by atoms with Crippen molar-refractivity contribution in [3.05, 3.63) is 44.6 Å². The van der Waals surface area contributed by atoms with Crippen LogP contribution in [0.5, 0.6) is 0 Å². The van der Waals surface area contributed by atoms with Crippen molar-refractivity contribution in [1.82, 2.24) is 9.66 Å². The van der Waals surface area contributed by atoms with Crippen LogP contribution in [0.15, 0.2) is 27.8 Å². The predicted molar refractivity (Wildman–Crippen MR) is 68.0 cm³/mol. The Bertz CT molecular complexity index is 927. The first-order valence-corrected chi connectivity index (χ1v) is 7.22. The summed E-state index contributed by atoms with van der Waals surface area (Å²) in [5.41, 5.74) is -3.66. The SMILES string of the molecule is CS(=O)(=O)Nn1c(=O)[nH]c2cc(C(F)(F)F)ccc2c1=O. The fraction of sp³-hybridized carbons (Fsp3) is 0.200. The molecule has 1 aromatic heterocycles. The first-order chi connectivity index (χ1) is 9.49. The summed E-state index contributed by atoms with van der Waals surface area (Å²) in [6.07, 6.45) is -3.92. The third kappa shape index (κ3) is 3.07. The Labute approximate surface area is 115 Å². The Balaban J connectivity index is 2.76. The molecule has 11 heteroatoms. The van der Waals surface area contributed by atoms with E-state index in [4.69, 9.17) is 0 Å². The topological polar surface area (TPSA) is 101 Å². The van der Waals surface area contributed by atoms with Crippen LogP contribution in [0.1, 0.15) is 5.56 Å². The Morgan fingerprint density at radius 2 is 1.86 bits per heavy atom. The van der Waals surface area contributed by atoms with Crippen molar-refractivity contribution < 1.29 is 21.6 Å². The minimum absolute atomic E-state index is 0.172. The highest BCUT2D eigenvalue weighted by atomic mass is 32.2. The first-order valence-electron chi connectivity index (χ1n) is 5.33. The number of alkyl halides is 3. The summed E-state index contributed by atoms with van der Waals surface area (Å²) in [5, 5.41) is -0.265. The van der Waals surface area contributed by atoms with E-state index in [2.05, 4.69) is 0 Å². The summed E-state index contributed by atoms with van der Waals surface area (Å²) in [4.78, 5) is 27.2. The van der Waals surface area contributed by atoms with Crippen molar-refractivity contribution in [2.45, 2.75) is 6.18 Å². The zero-order valence-electron chi connectivity index (χ0n) is 10.4. The number of halogens is 3. The Hall–Kier alpha value is -2.30. The monoisotopic (exact) mass is 323 g/mol. The molecule has 2 N–H and O–H groups in total. The van der Waals surface area contributed by atoms with E-state index in [1.54, 1.807) is 4.83 Å². The molecule has 0 amide bonds. The van der Waals surface area contributed by atoms with Gasteiger partial charge in [-0.05, 0) is 18.2 Å². The molecule has 0 saturated carbocycles. The molecule has 114 valence electrons. The third-order valence-corrected chi connectivity index (χ3v) is 3.00. The van der Waals surface area contributed by atoms with Gasteiger partial charge in [0.1, 0.15) is 0 Å². The first kappa shape index (κ1) is 15.1. The number of H-pyrrole nitrogens is 1. The van der Waals surface area contributed by atoms with Crippen molar-refractivity contribution in [3.8, 4) is 0 Å². The smallest absolute Gasteiger partial charge is 0.305 e. The summed E-state index contributed by atoms with van der Waals surface area (Å²) >= 11 is 0. The lowest BCUT2D eigenvalue weighted by Crippen LogP contribution is -2.43. The van der Waals surface area contributed by atoms with Crippen molar-refractivity contribution >= 4 is 20.9 Å². The highest BCUT2D eigenvalue weighted by Gasteiger charge is 2.30. The maximum Gasteiger partial charge on any atom is 0.416 e. The molecule has 2 aromatic rings. The molecule has 0 atom stereocenters. The van der Waals surface area contributed by atoms with Crippen molar-refractivity contribution in [2.24, 2.45) is 0 Å². The standard InChI is InChI=1S/C10H8F3N3O4S/c1-21(19,20)15-16-8(17)6-3-2-5(10(11,12)13)4-7(6)14-9(16)18/h2-4,15H,1H3,(H,14,18). The predicted octanol–water partition coefficient (Wildman–Crippen LogP) is 0.212. The van der Waals surface area contributed by atoms with Gasteiger partial charge in [-0.1, -0.05) is 0 Å². The van der Waals surface area contributed by atoms with Crippen molar-refractivity contribution in [2.75, 3.05) is 11.1 Å². The van der Waals surface area contributed by atoms with Gasteiger partial charge in [-0.2, -0.15) is 17.8 Å². The van der Waals surface area contributed by atoms with Gasteiger partial charge in [0.15, 0.2) is 0 Å². The molecule has 0 fully saturated rings. The van der Waals surface area contributed by atoms with E-state index < -0.39 is 33.0 Å². The number of sulfonamides is 1. The van der Waals surface area contributed by atoms with Gasteiger partial charge in [0, 0.05) is 0 Å². The summed E-state index contributed by atoms with van der Waals surface area (Å²) < 4.78 is 59.9. The van der Waals surface area contributed by atoms with Gasteiger partial charge in [-0.15, -0.1) is 0 Å². The number of fused-ring (bicyclic) bond motifs is 1. The fourth-order valence-corrected chi connectivity index (χ4v) is 2.14. The molecule has 1 aromatic carbocycles. The van der Waals surface area contributed by atoms with E-state index in [9.17, 15) is 31.2 Å². The van der Waals surface area contributed by atoms with Crippen LogP contribution < -0.4 is 16.1 Å². The quantitative estimate of drug-likeness (QED) is 0.825. The van der Waals surface area contributed by atoms with Gasteiger partial charge in [0.25, 0.3) is 5.56 Å². The van der Waals surface area contributed by atoms with Crippen molar-refractivity contribution in [1.29, 1.82) is 0 Å². The summed E-state index contributed by atoms with van der Waals surface area (Å²) in [5.74, 6) is 0. The van der Waals surface area contributed by atoms with Crippen LogP contribution in [-0.2, 0) is 16.2 Å². The van der Waals surface area contributed by atoms with E-state index in [1.807, 2.05) is 4.98 Å². The summed E-state index contributed by atoms with van der Waals surface area (Å²) in [7, 11) is -3.91. The van der Waals surface area contributed by atoms with Gasteiger partial charge in [-0.25, -0.2) is 18.0 Å². The zero-order chi connectivity index (χ0) is 16.0. The lowest BCUT2D eigenvalue weighted by Gasteiger charge is -2.09. The molecule has 1 heterocycles. The van der Waals surface area contributed by atoms with Crippen LogP contribution in [0.3, 0.4) is 0 Å². The minimum atomic E-state index is -4.63. The van der Waals surface area contributed by atoms with Crippen LogP contribution in [0, 0.1) is 0 Å². The number of nitrogens with one attached hydrogen (secondary N) is 2. The highest BCUT2D eigenvalue weighted by Crippen LogP contribution is 2.30. The molecular weight excluding hydrogens is 315 g/mol. The molecule has 0 saturated heterocycles. The summed E-state index contributed by atoms with van der Waals surface area (Å²) in [6.45, 7) is 0. The Kier molecular flexibility index (Phi) is 3.32. The third-order valence-electron chi connectivity index (χ3n) is 2.48. The van der Waals surface area contributed by atoms with Crippen molar-refractivity contribution in [3.63, 3.8) is 0 Å². The molecule has 0 aliphatic rings. The van der Waals surface area contributed by atoms with Crippen LogP contribution >= 0.6 is 0 Å². The van der Waals surface area contributed by atoms with Crippen LogP contribution in [0.4, 0.5) is 13.2 Å². The normalized spacial score (nSPS) is 12.6. The maximum absolute atomic E-state index is 12.6. The number of rotatable bonds is 2. The molecule has 0 radical (unpaired) electrons. The molecule has 2 rings (SSSR count). The maximum atomic E-state index is 12.6. The zero-order valence-corrected chi connectivity index (χ0v) is 11.2. The lowest BCUT2D eigenvalue weighted by molar-refractivity contribution is -0.137. The van der Waals surface area contributed by atoms with E-state index in [-0.39, 0.29) is 15.6 Å². The van der Waals surface area contributed by atoms with Gasteiger partial charge >= 0.3 is 11.9 Å². The number of aromatic nitrogens is 2. The Morgan fingerprint density at radius 1 is 1.24 bits per heavy atom. The fourth-order valence-electron chi connectivity index (χ4n) is 1.64. The Morgan fingerprint density at radius 3 is 2.38 bits per heavy atom. The average molecular weight is 323 g/mol. The molecule has 0 unspecified atom stereocenters. The highest BCUT2D eigenvalue weighted by molar-refractivity contribution is 7.91. The number of nitrogens with zero attached hydrogens (tertiary/aromatic N) is 1.